The minimum Gasteiger partial charge on any atom is -1.00 e. The van der Waals surface area contributed by atoms with Crippen molar-refractivity contribution in [2.75, 3.05) is 0 Å². The summed E-state index contributed by atoms with van der Waals surface area (Å²) < 4.78 is 25.0. The van der Waals surface area contributed by atoms with Gasteiger partial charge in [0.2, 0.25) is 6.33 Å². The molecule has 0 saturated carbocycles. The largest absolute Gasteiger partial charge is 1.00 e. The van der Waals surface area contributed by atoms with Crippen LogP contribution in [0.15, 0.2) is 18.7 Å². The van der Waals surface area contributed by atoms with Crippen LogP contribution in [0, 0.1) is 0 Å². The molecule has 0 atom stereocenters. The molecule has 0 radical (unpaired) electrons. The standard InChI is InChI=1S/C8H15N2.ClH/c1-3-4-5-10-7-6-9(2)8-10;/h6-8H,3-5H2,1-2H3;1H/q+1;/p-1/i1D3;. The molecule has 1 heterocycles. The molecule has 0 saturated heterocycles. The lowest BCUT2D eigenvalue weighted by Gasteiger charge is -1.90. The van der Waals surface area contributed by atoms with Crippen molar-refractivity contribution < 1.29 is 21.1 Å². The van der Waals surface area contributed by atoms with Gasteiger partial charge >= 0.3 is 0 Å². The molecule has 1 rings (SSSR count). The van der Waals surface area contributed by atoms with Crippen LogP contribution in [-0.2, 0) is 13.6 Å². The van der Waals surface area contributed by atoms with Crippen LogP contribution in [0.4, 0.5) is 0 Å². The monoisotopic (exact) mass is 177 g/mol. The van der Waals surface area contributed by atoms with E-state index in [0.717, 1.165) is 6.54 Å². The first-order valence-corrected chi connectivity index (χ1v) is 3.48. The van der Waals surface area contributed by atoms with Gasteiger partial charge in [-0.2, -0.15) is 0 Å². The molecule has 0 bridgehead atoms. The summed E-state index contributed by atoms with van der Waals surface area (Å²) in [5.74, 6) is 0. The number of aromatic nitrogens is 2. The van der Waals surface area contributed by atoms with E-state index in [1.165, 1.54) is 0 Å². The zero-order valence-corrected chi connectivity index (χ0v) is 7.38. The third-order valence-electron chi connectivity index (χ3n) is 1.42. The Balaban J connectivity index is 0.00000169. The number of hydrogen-bond donors (Lipinski definition) is 0. The van der Waals surface area contributed by atoms with E-state index in [4.69, 9.17) is 4.11 Å². The maximum atomic E-state index is 7.02. The highest BCUT2D eigenvalue weighted by molar-refractivity contribution is 4.65. The second-order valence-electron chi connectivity index (χ2n) is 2.42. The van der Waals surface area contributed by atoms with Gasteiger partial charge in [-0.25, -0.2) is 9.13 Å². The van der Waals surface area contributed by atoms with E-state index in [9.17, 15) is 0 Å². The van der Waals surface area contributed by atoms with Crippen LogP contribution in [0.1, 0.15) is 23.8 Å². The SMILES string of the molecule is [2H]C([2H])([2H])CCCn1cc[n+](C)c1.[Cl-]. The number of hydrogen-bond acceptors (Lipinski definition) is 0. The Bertz CT molecular complexity index is 270. The number of imidazole rings is 1. The van der Waals surface area contributed by atoms with E-state index >= 15 is 0 Å². The van der Waals surface area contributed by atoms with E-state index in [2.05, 4.69) is 0 Å². The number of halogens is 1. The highest BCUT2D eigenvalue weighted by atomic mass is 35.5. The predicted octanol–water partition coefficient (Wildman–Crippen LogP) is -1.88. The zero-order valence-electron chi connectivity index (χ0n) is 9.63. The van der Waals surface area contributed by atoms with Crippen molar-refractivity contribution in [1.82, 2.24) is 4.57 Å². The molecule has 3 heteroatoms. The predicted molar refractivity (Wildman–Crippen MR) is 40.5 cm³/mol. The van der Waals surface area contributed by atoms with Gasteiger partial charge in [0.15, 0.2) is 0 Å². The van der Waals surface area contributed by atoms with Crippen LogP contribution in [0.25, 0.3) is 0 Å². The molecule has 1 aromatic heterocycles. The van der Waals surface area contributed by atoms with Gasteiger partial charge in [0.1, 0.15) is 12.4 Å². The normalized spacial score (nSPS) is 14.5. The maximum Gasteiger partial charge on any atom is 0.243 e. The first kappa shape index (κ1) is 6.06. The van der Waals surface area contributed by atoms with Gasteiger partial charge < -0.3 is 12.4 Å². The van der Waals surface area contributed by atoms with Gasteiger partial charge in [-0.05, 0) is 6.42 Å². The van der Waals surface area contributed by atoms with E-state index in [0.29, 0.717) is 6.42 Å². The molecular formula is C8H15ClN2. The van der Waals surface area contributed by atoms with Crippen LogP contribution >= 0.6 is 0 Å². The van der Waals surface area contributed by atoms with Crippen LogP contribution in [0.3, 0.4) is 0 Å². The van der Waals surface area contributed by atoms with Crippen molar-refractivity contribution in [2.24, 2.45) is 7.05 Å². The molecule has 64 valence electrons. The molecule has 0 aromatic carbocycles. The molecule has 0 aliphatic carbocycles. The van der Waals surface area contributed by atoms with Crippen molar-refractivity contribution in [2.45, 2.75) is 26.2 Å². The van der Waals surface area contributed by atoms with Gasteiger partial charge in [0, 0.05) is 4.11 Å². The molecule has 0 N–H and O–H groups in total. The summed E-state index contributed by atoms with van der Waals surface area (Å²) in [5.41, 5.74) is 0. The molecule has 0 fully saturated rings. The summed E-state index contributed by atoms with van der Waals surface area (Å²) in [5, 5.41) is 0. The van der Waals surface area contributed by atoms with Gasteiger partial charge in [-0.15, -0.1) is 0 Å². The first-order valence-electron chi connectivity index (χ1n) is 4.98. The lowest BCUT2D eigenvalue weighted by atomic mass is 10.3. The summed E-state index contributed by atoms with van der Waals surface area (Å²) >= 11 is 0. The highest BCUT2D eigenvalue weighted by Crippen LogP contribution is 1.91. The quantitative estimate of drug-likeness (QED) is 0.478. The second-order valence-corrected chi connectivity index (χ2v) is 2.42. The molecular weight excluding hydrogens is 160 g/mol. The van der Waals surface area contributed by atoms with Gasteiger partial charge in [0.05, 0.1) is 13.6 Å². The summed E-state index contributed by atoms with van der Waals surface area (Å²) in [7, 11) is 1.94. The van der Waals surface area contributed by atoms with Crippen LogP contribution in [0.2, 0.25) is 0 Å². The average molecular weight is 178 g/mol. The molecule has 2 nitrogen and oxygen atoms in total. The van der Waals surface area contributed by atoms with Crippen molar-refractivity contribution in [3.63, 3.8) is 0 Å². The number of nitrogens with zero attached hydrogens (tertiary/aromatic N) is 2. The Labute approximate surface area is 78.5 Å². The lowest BCUT2D eigenvalue weighted by Crippen LogP contribution is -3.00. The minimum atomic E-state index is -1.78. The fraction of sp³-hybridized carbons (Fsp3) is 0.625. The maximum absolute atomic E-state index is 7.02. The van der Waals surface area contributed by atoms with Gasteiger partial charge in [-0.3, -0.25) is 0 Å². The summed E-state index contributed by atoms with van der Waals surface area (Å²) in [4.78, 5) is 0. The molecule has 0 aliphatic rings. The van der Waals surface area contributed by atoms with E-state index in [1.807, 2.05) is 34.9 Å². The molecule has 11 heavy (non-hydrogen) atoms. The fourth-order valence-electron chi connectivity index (χ4n) is 0.896. The van der Waals surface area contributed by atoms with Crippen LogP contribution < -0.4 is 17.0 Å². The highest BCUT2D eigenvalue weighted by Gasteiger charge is 1.96. The molecule has 0 spiro atoms. The Morgan fingerprint density at radius 3 is 3.00 bits per heavy atom. The molecule has 1 aromatic rings. The third kappa shape index (κ3) is 3.42. The van der Waals surface area contributed by atoms with Crippen molar-refractivity contribution in [3.05, 3.63) is 18.7 Å². The minimum absolute atomic E-state index is 0. The Morgan fingerprint density at radius 2 is 2.45 bits per heavy atom. The Kier molecular flexibility index (Phi) is 2.86. The van der Waals surface area contributed by atoms with E-state index in [1.54, 1.807) is 0 Å². The van der Waals surface area contributed by atoms with Gasteiger partial charge in [0.25, 0.3) is 0 Å². The molecule has 0 unspecified atom stereocenters. The smallest absolute Gasteiger partial charge is 0.243 e. The summed E-state index contributed by atoms with van der Waals surface area (Å²) in [6, 6.07) is 0. The number of aryl methyl sites for hydroxylation is 2. The fourth-order valence-corrected chi connectivity index (χ4v) is 0.896. The number of rotatable bonds is 3. The van der Waals surface area contributed by atoms with Crippen molar-refractivity contribution in [3.8, 4) is 0 Å². The lowest BCUT2D eigenvalue weighted by molar-refractivity contribution is -0.671. The average Bonchev–Trinajstić information content (AvgIpc) is 2.33. The van der Waals surface area contributed by atoms with Crippen LogP contribution in [-0.4, -0.2) is 4.57 Å². The van der Waals surface area contributed by atoms with E-state index < -0.39 is 6.85 Å². The Morgan fingerprint density at radius 1 is 1.64 bits per heavy atom. The van der Waals surface area contributed by atoms with Crippen LogP contribution in [0.5, 0.6) is 0 Å². The first-order chi connectivity index (χ1) is 5.97. The summed E-state index contributed by atoms with van der Waals surface area (Å²) in [6.45, 7) is -1.01. The van der Waals surface area contributed by atoms with Crippen molar-refractivity contribution >= 4 is 0 Å². The zero-order chi connectivity index (χ0) is 9.90. The summed E-state index contributed by atoms with van der Waals surface area (Å²) in [6.07, 6.45) is 6.81. The molecule has 0 amide bonds. The van der Waals surface area contributed by atoms with E-state index in [-0.39, 0.29) is 18.8 Å². The topological polar surface area (TPSA) is 8.81 Å². The third-order valence-corrected chi connectivity index (χ3v) is 1.42. The van der Waals surface area contributed by atoms with Crippen molar-refractivity contribution in [1.29, 1.82) is 0 Å². The van der Waals surface area contributed by atoms with Gasteiger partial charge in [-0.1, -0.05) is 13.3 Å². The second kappa shape index (κ2) is 5.19. The molecule has 0 aliphatic heterocycles. The Hall–Kier alpha value is -0.500.